The highest BCUT2D eigenvalue weighted by molar-refractivity contribution is 5.89. The molecule has 1 saturated carbocycles. The third-order valence-electron chi connectivity index (χ3n) is 6.34. The molecule has 1 aromatic heterocycles. The van der Waals surface area contributed by atoms with Gasteiger partial charge in [-0.05, 0) is 56.1 Å². The monoisotopic (exact) mass is 311 g/mol. The Balaban J connectivity index is 2.09. The predicted molar refractivity (Wildman–Crippen MR) is 96.1 cm³/mol. The molecule has 2 aromatic rings. The topological polar surface area (TPSA) is 14.2 Å². The van der Waals surface area contributed by atoms with Gasteiger partial charge in [0.1, 0.15) is 5.60 Å². The van der Waals surface area contributed by atoms with E-state index in [0.29, 0.717) is 6.04 Å². The number of nitrogens with zero attached hydrogens (tertiary/aromatic N) is 1. The van der Waals surface area contributed by atoms with Gasteiger partial charge in [-0.3, -0.25) is 0 Å². The van der Waals surface area contributed by atoms with Crippen molar-refractivity contribution in [3.8, 4) is 0 Å². The highest BCUT2D eigenvalue weighted by Crippen LogP contribution is 2.48. The summed E-state index contributed by atoms with van der Waals surface area (Å²) in [5.41, 5.74) is 6.05. The van der Waals surface area contributed by atoms with Crippen LogP contribution in [0, 0.1) is 0 Å². The fourth-order valence-electron chi connectivity index (χ4n) is 4.75. The van der Waals surface area contributed by atoms with Crippen LogP contribution in [0.4, 0.5) is 0 Å². The summed E-state index contributed by atoms with van der Waals surface area (Å²) in [5, 5.41) is 1.50. The number of aryl methyl sites for hydroxylation is 1. The largest absolute Gasteiger partial charge is 0.368 e. The van der Waals surface area contributed by atoms with E-state index in [1.54, 1.807) is 5.56 Å². The second-order valence-electron chi connectivity index (χ2n) is 7.25. The Morgan fingerprint density at radius 1 is 1.17 bits per heavy atom. The van der Waals surface area contributed by atoms with E-state index in [1.807, 2.05) is 0 Å². The van der Waals surface area contributed by atoms with Crippen molar-refractivity contribution in [1.82, 2.24) is 4.57 Å². The lowest BCUT2D eigenvalue weighted by atomic mass is 9.85. The smallest absolute Gasteiger partial charge is 0.108 e. The zero-order valence-electron chi connectivity index (χ0n) is 14.8. The van der Waals surface area contributed by atoms with E-state index in [2.05, 4.69) is 43.5 Å². The zero-order valence-corrected chi connectivity index (χ0v) is 14.8. The summed E-state index contributed by atoms with van der Waals surface area (Å²) in [6.45, 7) is 7.74. The van der Waals surface area contributed by atoms with Crippen molar-refractivity contribution in [3.05, 3.63) is 35.0 Å². The molecule has 1 aliphatic heterocycles. The Kier molecular flexibility index (Phi) is 3.76. The maximum atomic E-state index is 6.43. The van der Waals surface area contributed by atoms with Crippen LogP contribution in [0.2, 0.25) is 0 Å². The molecule has 4 rings (SSSR count). The first-order valence-electron chi connectivity index (χ1n) is 9.54. The number of fused-ring (bicyclic) bond motifs is 3. The van der Waals surface area contributed by atoms with E-state index in [9.17, 15) is 0 Å². The molecule has 0 radical (unpaired) electrons. The molecule has 2 heterocycles. The Labute approximate surface area is 139 Å². The van der Waals surface area contributed by atoms with Crippen LogP contribution in [0.3, 0.4) is 0 Å². The van der Waals surface area contributed by atoms with E-state index < -0.39 is 0 Å². The van der Waals surface area contributed by atoms with E-state index in [-0.39, 0.29) is 5.60 Å². The lowest BCUT2D eigenvalue weighted by molar-refractivity contribution is -0.0729. The molecular weight excluding hydrogens is 282 g/mol. The molecule has 2 aliphatic rings. The zero-order chi connectivity index (χ0) is 16.0. The van der Waals surface area contributed by atoms with Crippen molar-refractivity contribution >= 4 is 10.9 Å². The molecule has 0 atom stereocenters. The standard InChI is InChI=1S/C21H29NO/c1-4-15-9-7-12-17-18-13-14-23-21(5-2,6-3)20(18)22(19(15)17)16-10-8-11-16/h7,9,12,16H,4-6,8,10-11,13-14H2,1-3H3. The first-order chi connectivity index (χ1) is 11.3. The third-order valence-corrected chi connectivity index (χ3v) is 6.34. The minimum Gasteiger partial charge on any atom is -0.368 e. The van der Waals surface area contributed by atoms with Crippen molar-refractivity contribution in [2.45, 2.75) is 77.4 Å². The average Bonchev–Trinajstić information content (AvgIpc) is 2.89. The van der Waals surface area contributed by atoms with E-state index in [1.165, 1.54) is 41.4 Å². The van der Waals surface area contributed by atoms with Crippen LogP contribution < -0.4 is 0 Å². The molecular formula is C21H29NO. The molecule has 0 unspecified atom stereocenters. The van der Waals surface area contributed by atoms with Gasteiger partial charge in [-0.1, -0.05) is 39.0 Å². The summed E-state index contributed by atoms with van der Waals surface area (Å²) >= 11 is 0. The van der Waals surface area contributed by atoms with Crippen molar-refractivity contribution in [2.24, 2.45) is 0 Å². The second kappa shape index (κ2) is 5.66. The first-order valence-corrected chi connectivity index (χ1v) is 9.54. The molecule has 124 valence electrons. The molecule has 1 fully saturated rings. The molecule has 0 amide bonds. The summed E-state index contributed by atoms with van der Waals surface area (Å²) in [7, 11) is 0. The molecule has 0 bridgehead atoms. The number of rotatable bonds is 4. The Morgan fingerprint density at radius 3 is 2.57 bits per heavy atom. The molecule has 2 nitrogen and oxygen atoms in total. The highest BCUT2D eigenvalue weighted by Gasteiger charge is 2.41. The normalized spacial score (nSPS) is 20.5. The number of benzene rings is 1. The molecule has 0 N–H and O–H groups in total. The predicted octanol–water partition coefficient (Wildman–Crippen LogP) is 5.52. The number of hydrogen-bond acceptors (Lipinski definition) is 1. The van der Waals surface area contributed by atoms with Gasteiger partial charge in [-0.25, -0.2) is 0 Å². The Morgan fingerprint density at radius 2 is 1.96 bits per heavy atom. The summed E-state index contributed by atoms with van der Waals surface area (Å²) in [6, 6.07) is 7.61. The van der Waals surface area contributed by atoms with Crippen LogP contribution in [0.25, 0.3) is 10.9 Å². The Bertz CT molecular complexity index is 719. The fourth-order valence-corrected chi connectivity index (χ4v) is 4.75. The van der Waals surface area contributed by atoms with Gasteiger partial charge in [0, 0.05) is 11.4 Å². The van der Waals surface area contributed by atoms with Crippen LogP contribution in [0.15, 0.2) is 18.2 Å². The summed E-state index contributed by atoms with van der Waals surface area (Å²) in [6.07, 6.45) is 8.36. The summed E-state index contributed by atoms with van der Waals surface area (Å²) < 4.78 is 9.15. The van der Waals surface area contributed by atoms with Crippen LogP contribution in [0.5, 0.6) is 0 Å². The van der Waals surface area contributed by atoms with Gasteiger partial charge in [0.05, 0.1) is 17.8 Å². The molecule has 2 heteroatoms. The van der Waals surface area contributed by atoms with Crippen LogP contribution >= 0.6 is 0 Å². The van der Waals surface area contributed by atoms with Crippen molar-refractivity contribution in [3.63, 3.8) is 0 Å². The fraction of sp³-hybridized carbons (Fsp3) is 0.619. The van der Waals surface area contributed by atoms with Crippen LogP contribution in [-0.4, -0.2) is 11.2 Å². The number of aromatic nitrogens is 1. The van der Waals surface area contributed by atoms with Gasteiger partial charge in [-0.2, -0.15) is 0 Å². The summed E-state index contributed by atoms with van der Waals surface area (Å²) in [5.74, 6) is 0. The van der Waals surface area contributed by atoms with Crippen LogP contribution in [0.1, 0.15) is 75.7 Å². The van der Waals surface area contributed by atoms with Gasteiger partial charge >= 0.3 is 0 Å². The number of hydrogen-bond donors (Lipinski definition) is 0. The van der Waals surface area contributed by atoms with Gasteiger partial charge in [0.15, 0.2) is 0 Å². The lowest BCUT2D eigenvalue weighted by Crippen LogP contribution is -2.38. The van der Waals surface area contributed by atoms with Crippen molar-refractivity contribution in [1.29, 1.82) is 0 Å². The first kappa shape index (κ1) is 15.3. The summed E-state index contributed by atoms with van der Waals surface area (Å²) in [4.78, 5) is 0. The minimum atomic E-state index is -0.0762. The van der Waals surface area contributed by atoms with E-state index in [0.717, 1.165) is 32.3 Å². The van der Waals surface area contributed by atoms with E-state index >= 15 is 0 Å². The van der Waals surface area contributed by atoms with Gasteiger partial charge < -0.3 is 9.30 Å². The maximum Gasteiger partial charge on any atom is 0.108 e. The minimum absolute atomic E-state index is 0.0762. The maximum absolute atomic E-state index is 6.43. The van der Waals surface area contributed by atoms with Crippen molar-refractivity contribution in [2.75, 3.05) is 6.61 Å². The molecule has 1 aliphatic carbocycles. The molecule has 0 spiro atoms. The van der Waals surface area contributed by atoms with Gasteiger partial charge in [0.25, 0.3) is 0 Å². The van der Waals surface area contributed by atoms with Gasteiger partial charge in [0.2, 0.25) is 0 Å². The molecule has 0 saturated heterocycles. The second-order valence-corrected chi connectivity index (χ2v) is 7.25. The van der Waals surface area contributed by atoms with E-state index in [4.69, 9.17) is 4.74 Å². The molecule has 23 heavy (non-hydrogen) atoms. The number of ether oxygens (including phenoxy) is 1. The SMILES string of the molecule is CCc1cccc2c3c(n(C4CCC4)c12)C(CC)(CC)OCC3. The van der Waals surface area contributed by atoms with Crippen molar-refractivity contribution < 1.29 is 4.74 Å². The Hall–Kier alpha value is -1.28. The van der Waals surface area contributed by atoms with Crippen LogP contribution in [-0.2, 0) is 23.2 Å². The van der Waals surface area contributed by atoms with Gasteiger partial charge in [-0.15, -0.1) is 0 Å². The highest BCUT2D eigenvalue weighted by atomic mass is 16.5. The lowest BCUT2D eigenvalue weighted by Gasteiger charge is -2.41. The third kappa shape index (κ3) is 2.04. The number of para-hydroxylation sites is 1. The average molecular weight is 311 g/mol. The quantitative estimate of drug-likeness (QED) is 0.725. The molecule has 1 aromatic carbocycles.